The molecule has 0 saturated carbocycles. The van der Waals surface area contributed by atoms with Gasteiger partial charge in [0.25, 0.3) is 0 Å². The molecule has 0 atom stereocenters. The van der Waals surface area contributed by atoms with Crippen LogP contribution in [0.25, 0.3) is 0 Å². The smallest absolute Gasteiger partial charge is 0.175 e. The van der Waals surface area contributed by atoms with Gasteiger partial charge in [-0.3, -0.25) is 0 Å². The topological polar surface area (TPSA) is 58.6 Å². The summed E-state index contributed by atoms with van der Waals surface area (Å²) in [6.45, 7) is 2.52. The Morgan fingerprint density at radius 2 is 2.19 bits per heavy atom. The number of benzene rings is 1. The van der Waals surface area contributed by atoms with Gasteiger partial charge in [-0.2, -0.15) is 0 Å². The zero-order valence-electron chi connectivity index (χ0n) is 9.08. The van der Waals surface area contributed by atoms with E-state index in [1.54, 1.807) is 0 Å². The van der Waals surface area contributed by atoms with E-state index in [0.29, 0.717) is 22.6 Å². The van der Waals surface area contributed by atoms with Crippen LogP contribution in [0.2, 0.25) is 0 Å². The van der Waals surface area contributed by atoms with Gasteiger partial charge in [0.05, 0.1) is 24.2 Å². The molecule has 0 aliphatic rings. The predicted octanol–water partition coefficient (Wildman–Crippen LogP) is 1.61. The van der Waals surface area contributed by atoms with Crippen LogP contribution in [-0.4, -0.2) is 19.7 Å². The predicted molar refractivity (Wildman–Crippen MR) is 60.8 cm³/mol. The van der Waals surface area contributed by atoms with Crippen molar-refractivity contribution in [1.29, 1.82) is 0 Å². The molecule has 0 spiro atoms. The van der Waals surface area contributed by atoms with Crippen molar-refractivity contribution in [3.63, 3.8) is 0 Å². The molecule has 0 fully saturated rings. The molecule has 1 aromatic carbocycles. The van der Waals surface area contributed by atoms with Crippen LogP contribution in [0.5, 0.6) is 11.5 Å². The second-order valence-corrected chi connectivity index (χ2v) is 3.98. The van der Waals surface area contributed by atoms with Gasteiger partial charge in [-0.1, -0.05) is 6.92 Å². The summed E-state index contributed by atoms with van der Waals surface area (Å²) in [6.07, 6.45) is 0.859. The Balaban J connectivity index is 3.12. The minimum absolute atomic E-state index is 0.0487. The molecule has 0 amide bonds. The molecule has 1 rings (SSSR count). The highest BCUT2D eigenvalue weighted by atomic mass is 79.9. The minimum Gasteiger partial charge on any atom is -0.545 e. The van der Waals surface area contributed by atoms with E-state index in [1.165, 1.54) is 19.2 Å². The first-order valence-corrected chi connectivity index (χ1v) is 5.61. The van der Waals surface area contributed by atoms with E-state index >= 15 is 0 Å². The normalized spacial score (nSPS) is 9.94. The van der Waals surface area contributed by atoms with E-state index in [0.717, 1.165) is 6.42 Å². The van der Waals surface area contributed by atoms with Crippen molar-refractivity contribution in [2.45, 2.75) is 13.3 Å². The van der Waals surface area contributed by atoms with Crippen LogP contribution >= 0.6 is 15.9 Å². The summed E-state index contributed by atoms with van der Waals surface area (Å²) in [5.74, 6) is -0.364. The number of carbonyl (C=O) groups is 1. The zero-order chi connectivity index (χ0) is 12.1. The lowest BCUT2D eigenvalue weighted by Gasteiger charge is -2.14. The molecular formula is C11H12BrO4-. The molecule has 16 heavy (non-hydrogen) atoms. The molecule has 88 valence electrons. The molecule has 0 bridgehead atoms. The number of hydrogen-bond acceptors (Lipinski definition) is 4. The quantitative estimate of drug-likeness (QED) is 0.826. The summed E-state index contributed by atoms with van der Waals surface area (Å²) in [7, 11) is 1.46. The lowest BCUT2D eigenvalue weighted by molar-refractivity contribution is -0.255. The second-order valence-electron chi connectivity index (χ2n) is 3.13. The Morgan fingerprint density at radius 3 is 2.69 bits per heavy atom. The Labute approximate surface area is 102 Å². The van der Waals surface area contributed by atoms with Crippen LogP contribution < -0.4 is 14.6 Å². The van der Waals surface area contributed by atoms with E-state index in [4.69, 9.17) is 9.47 Å². The van der Waals surface area contributed by atoms with Crippen LogP contribution in [0.3, 0.4) is 0 Å². The maximum absolute atomic E-state index is 10.7. The fourth-order valence-corrected chi connectivity index (χ4v) is 1.74. The number of carboxylic acid groups (broad SMARTS) is 1. The molecule has 0 N–H and O–H groups in total. The molecule has 0 unspecified atom stereocenters. The third-order valence-corrected chi connectivity index (χ3v) is 2.50. The number of carboxylic acids is 1. The third kappa shape index (κ3) is 2.88. The van der Waals surface area contributed by atoms with Crippen LogP contribution in [0.4, 0.5) is 0 Å². The third-order valence-electron chi connectivity index (χ3n) is 1.92. The van der Waals surface area contributed by atoms with Gasteiger partial charge in [0.15, 0.2) is 11.5 Å². The fourth-order valence-electron chi connectivity index (χ4n) is 1.18. The summed E-state index contributed by atoms with van der Waals surface area (Å²) >= 11 is 3.24. The van der Waals surface area contributed by atoms with Crippen molar-refractivity contribution in [2.24, 2.45) is 0 Å². The number of hydrogen-bond donors (Lipinski definition) is 0. The number of ether oxygens (including phenoxy) is 2. The first-order chi connectivity index (χ1) is 7.60. The van der Waals surface area contributed by atoms with Crippen molar-refractivity contribution < 1.29 is 19.4 Å². The fraction of sp³-hybridized carbons (Fsp3) is 0.364. The maximum atomic E-state index is 10.7. The van der Waals surface area contributed by atoms with Crippen molar-refractivity contribution in [3.8, 4) is 11.5 Å². The molecule has 0 aromatic heterocycles. The number of methoxy groups -OCH3 is 1. The van der Waals surface area contributed by atoms with E-state index in [2.05, 4.69) is 15.9 Å². The van der Waals surface area contributed by atoms with Gasteiger partial charge in [-0.05, 0) is 34.5 Å². The molecule has 4 nitrogen and oxygen atoms in total. The van der Waals surface area contributed by atoms with Crippen LogP contribution in [0, 0.1) is 0 Å². The monoisotopic (exact) mass is 287 g/mol. The molecule has 0 radical (unpaired) electrons. The summed E-state index contributed by atoms with van der Waals surface area (Å²) in [5.41, 5.74) is 0.0487. The average molecular weight is 288 g/mol. The Hall–Kier alpha value is -1.23. The van der Waals surface area contributed by atoms with E-state index in [9.17, 15) is 9.90 Å². The van der Waals surface area contributed by atoms with Crippen LogP contribution in [0.1, 0.15) is 23.7 Å². The lowest BCUT2D eigenvalue weighted by atomic mass is 10.2. The van der Waals surface area contributed by atoms with Crippen LogP contribution in [0.15, 0.2) is 16.6 Å². The largest absolute Gasteiger partial charge is 0.545 e. The molecule has 5 heteroatoms. The van der Waals surface area contributed by atoms with Crippen molar-refractivity contribution in [3.05, 3.63) is 22.2 Å². The SMILES string of the molecule is CCCOc1c(Br)cc(C(=O)[O-])cc1OC. The minimum atomic E-state index is -1.25. The Bertz CT molecular complexity index is 390. The van der Waals surface area contributed by atoms with E-state index in [-0.39, 0.29) is 5.56 Å². The summed E-state index contributed by atoms with van der Waals surface area (Å²) < 4.78 is 11.1. The van der Waals surface area contributed by atoms with Gasteiger partial charge in [0.1, 0.15) is 0 Å². The van der Waals surface area contributed by atoms with Gasteiger partial charge in [-0.25, -0.2) is 0 Å². The molecule has 0 aliphatic heterocycles. The number of halogens is 1. The first kappa shape index (κ1) is 12.8. The van der Waals surface area contributed by atoms with E-state index in [1.807, 2.05) is 6.92 Å². The van der Waals surface area contributed by atoms with Crippen molar-refractivity contribution in [2.75, 3.05) is 13.7 Å². The summed E-state index contributed by atoms with van der Waals surface area (Å²) in [6, 6.07) is 2.81. The van der Waals surface area contributed by atoms with Gasteiger partial charge in [0, 0.05) is 5.56 Å². The Kier molecular flexibility index (Phi) is 4.61. The summed E-state index contributed by atoms with van der Waals surface area (Å²) in [4.78, 5) is 10.7. The van der Waals surface area contributed by atoms with Gasteiger partial charge < -0.3 is 19.4 Å². The number of aromatic carboxylic acids is 1. The maximum Gasteiger partial charge on any atom is 0.175 e. The summed E-state index contributed by atoms with van der Waals surface area (Å²) in [5, 5.41) is 10.7. The van der Waals surface area contributed by atoms with Gasteiger partial charge in [-0.15, -0.1) is 0 Å². The van der Waals surface area contributed by atoms with Crippen molar-refractivity contribution in [1.82, 2.24) is 0 Å². The molecular weight excluding hydrogens is 276 g/mol. The van der Waals surface area contributed by atoms with Crippen LogP contribution in [-0.2, 0) is 0 Å². The van der Waals surface area contributed by atoms with Gasteiger partial charge >= 0.3 is 0 Å². The number of rotatable bonds is 5. The van der Waals surface area contributed by atoms with Crippen molar-refractivity contribution >= 4 is 21.9 Å². The second kappa shape index (κ2) is 5.75. The highest BCUT2D eigenvalue weighted by Gasteiger charge is 2.11. The average Bonchev–Trinajstić information content (AvgIpc) is 2.26. The first-order valence-electron chi connectivity index (χ1n) is 4.81. The van der Waals surface area contributed by atoms with Gasteiger partial charge in [0.2, 0.25) is 0 Å². The highest BCUT2D eigenvalue weighted by Crippen LogP contribution is 2.36. The molecule has 0 aliphatic carbocycles. The standard InChI is InChI=1S/C11H13BrO4/c1-3-4-16-10-8(12)5-7(11(13)14)6-9(10)15-2/h5-6H,3-4H2,1-2H3,(H,13,14)/p-1. The Morgan fingerprint density at radius 1 is 1.50 bits per heavy atom. The highest BCUT2D eigenvalue weighted by molar-refractivity contribution is 9.10. The molecule has 0 saturated heterocycles. The number of carbonyl (C=O) groups excluding carboxylic acids is 1. The van der Waals surface area contributed by atoms with E-state index < -0.39 is 5.97 Å². The molecule has 1 aromatic rings. The zero-order valence-corrected chi connectivity index (χ0v) is 10.7. The molecule has 0 heterocycles. The lowest BCUT2D eigenvalue weighted by Crippen LogP contribution is -2.22.